The average molecular weight is 394 g/mol. The molecule has 142 valence electrons. The summed E-state index contributed by atoms with van der Waals surface area (Å²) in [5, 5.41) is 2.74. The van der Waals surface area contributed by atoms with Crippen LogP contribution >= 0.6 is 12.4 Å². The predicted octanol–water partition coefficient (Wildman–Crippen LogP) is 1.40. The van der Waals surface area contributed by atoms with Crippen LogP contribution in [0.15, 0.2) is 24.3 Å². The minimum absolute atomic E-state index is 0. The van der Waals surface area contributed by atoms with Crippen molar-refractivity contribution in [1.82, 2.24) is 9.62 Å². The van der Waals surface area contributed by atoms with E-state index >= 15 is 0 Å². The van der Waals surface area contributed by atoms with Crippen molar-refractivity contribution in [3.63, 3.8) is 0 Å². The highest BCUT2D eigenvalue weighted by Crippen LogP contribution is 2.23. The van der Waals surface area contributed by atoms with Gasteiger partial charge < -0.3 is 11.1 Å². The Hall–Kier alpha value is -1.22. The van der Waals surface area contributed by atoms with E-state index in [9.17, 15) is 17.6 Å². The van der Waals surface area contributed by atoms with E-state index in [2.05, 4.69) is 5.32 Å². The molecule has 6 nitrogen and oxygen atoms in total. The molecule has 0 aliphatic carbocycles. The van der Waals surface area contributed by atoms with Gasteiger partial charge >= 0.3 is 0 Å². The number of piperidine rings is 1. The molecule has 9 heteroatoms. The van der Waals surface area contributed by atoms with Gasteiger partial charge in [0.2, 0.25) is 15.9 Å². The van der Waals surface area contributed by atoms with E-state index < -0.39 is 15.8 Å². The van der Waals surface area contributed by atoms with E-state index in [4.69, 9.17) is 5.73 Å². The zero-order chi connectivity index (χ0) is 17.6. The Morgan fingerprint density at radius 3 is 2.80 bits per heavy atom. The molecular weight excluding hydrogens is 369 g/mol. The summed E-state index contributed by atoms with van der Waals surface area (Å²) in [6.07, 6.45) is 2.63. The molecule has 1 heterocycles. The zero-order valence-electron chi connectivity index (χ0n) is 14.0. The molecule has 3 N–H and O–H groups in total. The van der Waals surface area contributed by atoms with Gasteiger partial charge in [0.05, 0.1) is 5.75 Å². The smallest absolute Gasteiger partial charge is 0.221 e. The summed E-state index contributed by atoms with van der Waals surface area (Å²) >= 11 is 0. The molecule has 0 saturated carbocycles. The SMILES string of the molecule is Cl.NCCC(=O)NCC1CCCCN1S(=O)(=O)Cc1cccc(F)c1. The number of halogens is 2. The molecule has 25 heavy (non-hydrogen) atoms. The molecular formula is C16H25ClFN3O3S. The molecule has 0 bridgehead atoms. The molecule has 1 aliphatic heterocycles. The Morgan fingerprint density at radius 2 is 2.12 bits per heavy atom. The number of amides is 1. The lowest BCUT2D eigenvalue weighted by Crippen LogP contribution is -2.49. The first-order valence-corrected chi connectivity index (χ1v) is 9.74. The van der Waals surface area contributed by atoms with Gasteiger partial charge in [-0.25, -0.2) is 12.8 Å². The number of carbonyl (C=O) groups is 1. The highest BCUT2D eigenvalue weighted by Gasteiger charge is 2.32. The van der Waals surface area contributed by atoms with Gasteiger partial charge in [0.15, 0.2) is 0 Å². The maximum atomic E-state index is 13.3. The van der Waals surface area contributed by atoms with Crippen LogP contribution in [-0.4, -0.2) is 44.3 Å². The Morgan fingerprint density at radius 1 is 1.36 bits per heavy atom. The van der Waals surface area contributed by atoms with Crippen LogP contribution in [0.1, 0.15) is 31.2 Å². The molecule has 1 saturated heterocycles. The molecule has 0 spiro atoms. The zero-order valence-corrected chi connectivity index (χ0v) is 15.6. The maximum Gasteiger partial charge on any atom is 0.221 e. The fourth-order valence-electron chi connectivity index (χ4n) is 2.92. The fraction of sp³-hybridized carbons (Fsp3) is 0.562. The Labute approximate surface area is 154 Å². The fourth-order valence-corrected chi connectivity index (χ4v) is 4.72. The number of carbonyl (C=O) groups excluding carboxylic acids is 1. The molecule has 0 radical (unpaired) electrons. The first-order chi connectivity index (χ1) is 11.4. The van der Waals surface area contributed by atoms with Crippen LogP contribution in [0.3, 0.4) is 0 Å². The number of nitrogens with two attached hydrogens (primary N) is 1. The molecule has 0 aromatic heterocycles. The topological polar surface area (TPSA) is 92.5 Å². The lowest BCUT2D eigenvalue weighted by Gasteiger charge is -2.34. The molecule has 1 aromatic rings. The van der Waals surface area contributed by atoms with Gasteiger partial charge in [-0.3, -0.25) is 4.79 Å². The lowest BCUT2D eigenvalue weighted by molar-refractivity contribution is -0.121. The molecule has 1 amide bonds. The molecule has 1 unspecified atom stereocenters. The van der Waals surface area contributed by atoms with Crippen LogP contribution in [0.4, 0.5) is 4.39 Å². The normalized spacial score (nSPS) is 18.4. The van der Waals surface area contributed by atoms with Gasteiger partial charge in [-0.15, -0.1) is 12.4 Å². The second-order valence-corrected chi connectivity index (χ2v) is 7.91. The van der Waals surface area contributed by atoms with Crippen molar-refractivity contribution in [2.45, 2.75) is 37.5 Å². The van der Waals surface area contributed by atoms with Gasteiger partial charge in [-0.1, -0.05) is 18.6 Å². The third-order valence-corrected chi connectivity index (χ3v) is 5.97. The first kappa shape index (κ1) is 21.8. The van der Waals surface area contributed by atoms with Crippen molar-refractivity contribution in [3.05, 3.63) is 35.6 Å². The van der Waals surface area contributed by atoms with Crippen LogP contribution in [0, 0.1) is 5.82 Å². The lowest BCUT2D eigenvalue weighted by atomic mass is 10.1. The van der Waals surface area contributed by atoms with E-state index in [1.165, 1.54) is 22.5 Å². The quantitative estimate of drug-likeness (QED) is 0.732. The maximum absolute atomic E-state index is 13.3. The molecule has 1 fully saturated rings. The number of benzene rings is 1. The number of nitrogens with zero attached hydrogens (tertiary/aromatic N) is 1. The second kappa shape index (κ2) is 10.1. The van der Waals surface area contributed by atoms with Crippen LogP contribution in [-0.2, 0) is 20.6 Å². The van der Waals surface area contributed by atoms with Gasteiger partial charge in [-0.05, 0) is 30.5 Å². The van der Waals surface area contributed by atoms with Crippen LogP contribution in [0.2, 0.25) is 0 Å². The summed E-state index contributed by atoms with van der Waals surface area (Å²) in [6.45, 7) is 0.967. The molecule has 1 aromatic carbocycles. The average Bonchev–Trinajstić information content (AvgIpc) is 2.53. The number of hydrogen-bond donors (Lipinski definition) is 2. The van der Waals surface area contributed by atoms with Crippen LogP contribution < -0.4 is 11.1 Å². The monoisotopic (exact) mass is 393 g/mol. The van der Waals surface area contributed by atoms with Gasteiger partial charge in [0.25, 0.3) is 0 Å². The Kier molecular flexibility index (Phi) is 8.78. The summed E-state index contributed by atoms with van der Waals surface area (Å²) in [6, 6.07) is 5.36. The van der Waals surface area contributed by atoms with E-state index in [-0.39, 0.29) is 49.6 Å². The van der Waals surface area contributed by atoms with E-state index in [0.29, 0.717) is 18.5 Å². The van der Waals surface area contributed by atoms with Crippen molar-refractivity contribution in [1.29, 1.82) is 0 Å². The molecule has 2 rings (SSSR count). The first-order valence-electron chi connectivity index (χ1n) is 8.13. The van der Waals surface area contributed by atoms with Crippen LogP contribution in [0.5, 0.6) is 0 Å². The van der Waals surface area contributed by atoms with Crippen molar-refractivity contribution < 1.29 is 17.6 Å². The van der Waals surface area contributed by atoms with Crippen molar-refractivity contribution in [2.24, 2.45) is 5.73 Å². The number of hydrogen-bond acceptors (Lipinski definition) is 4. The van der Waals surface area contributed by atoms with Crippen molar-refractivity contribution in [2.75, 3.05) is 19.6 Å². The van der Waals surface area contributed by atoms with Crippen molar-refractivity contribution >= 4 is 28.3 Å². The van der Waals surface area contributed by atoms with Gasteiger partial charge in [0.1, 0.15) is 5.82 Å². The largest absolute Gasteiger partial charge is 0.354 e. The minimum atomic E-state index is -3.57. The number of sulfonamides is 1. The molecule has 1 aliphatic rings. The summed E-state index contributed by atoms with van der Waals surface area (Å²) in [5.41, 5.74) is 5.76. The van der Waals surface area contributed by atoms with Crippen LogP contribution in [0.25, 0.3) is 0 Å². The summed E-state index contributed by atoms with van der Waals surface area (Å²) in [5.74, 6) is -0.865. The standard InChI is InChI=1S/C16H24FN3O3S.ClH/c17-14-5-3-4-13(10-14)12-24(22,23)20-9-2-1-6-15(20)11-19-16(21)7-8-18;/h3-5,10,15H,1-2,6-9,11-12,18H2,(H,19,21);1H. The van der Waals surface area contributed by atoms with E-state index in [1.54, 1.807) is 6.07 Å². The third-order valence-electron chi connectivity index (χ3n) is 4.07. The minimum Gasteiger partial charge on any atom is -0.354 e. The highest BCUT2D eigenvalue weighted by atomic mass is 35.5. The second-order valence-electron chi connectivity index (χ2n) is 5.99. The van der Waals surface area contributed by atoms with Crippen molar-refractivity contribution in [3.8, 4) is 0 Å². The van der Waals surface area contributed by atoms with E-state index in [1.807, 2.05) is 0 Å². The predicted molar refractivity (Wildman–Crippen MR) is 97.3 cm³/mol. The third kappa shape index (κ3) is 6.54. The van der Waals surface area contributed by atoms with Gasteiger partial charge in [0, 0.05) is 32.1 Å². The summed E-state index contributed by atoms with van der Waals surface area (Å²) in [4.78, 5) is 11.6. The number of rotatable bonds is 7. The molecule has 1 atom stereocenters. The number of nitrogens with one attached hydrogen (secondary N) is 1. The highest BCUT2D eigenvalue weighted by molar-refractivity contribution is 7.88. The van der Waals surface area contributed by atoms with Gasteiger partial charge in [-0.2, -0.15) is 4.31 Å². The summed E-state index contributed by atoms with van der Waals surface area (Å²) in [7, 11) is -3.57. The van der Waals surface area contributed by atoms with E-state index in [0.717, 1.165) is 12.8 Å². The Bertz CT molecular complexity index is 672. The Balaban J connectivity index is 0.00000312. The summed E-state index contributed by atoms with van der Waals surface area (Å²) < 4.78 is 40.2.